The van der Waals surface area contributed by atoms with Crippen molar-refractivity contribution in [2.45, 2.75) is 6.42 Å². The van der Waals surface area contributed by atoms with E-state index in [-0.39, 0.29) is 11.2 Å². The van der Waals surface area contributed by atoms with Gasteiger partial charge < -0.3 is 4.42 Å². The Bertz CT molecular complexity index is 1100. The molecule has 0 aliphatic carbocycles. The molecule has 2 nitrogen and oxygen atoms in total. The third-order valence-electron chi connectivity index (χ3n) is 4.20. The van der Waals surface area contributed by atoms with Crippen LogP contribution in [-0.4, -0.2) is 0 Å². The Hall–Kier alpha value is -3.20. The molecule has 0 saturated carbocycles. The van der Waals surface area contributed by atoms with Crippen molar-refractivity contribution < 1.29 is 8.81 Å². The summed E-state index contributed by atoms with van der Waals surface area (Å²) < 4.78 is 19.6. The lowest BCUT2D eigenvalue weighted by molar-refractivity contribution is 0.610. The third kappa shape index (κ3) is 2.96. The number of para-hydroxylation sites is 1. The molecule has 0 unspecified atom stereocenters. The first-order chi connectivity index (χ1) is 12.2. The molecule has 0 aliphatic heterocycles. The molecule has 25 heavy (non-hydrogen) atoms. The van der Waals surface area contributed by atoms with Gasteiger partial charge in [-0.2, -0.15) is 0 Å². The predicted molar refractivity (Wildman–Crippen MR) is 97.1 cm³/mol. The van der Waals surface area contributed by atoms with Crippen molar-refractivity contribution in [1.82, 2.24) is 0 Å². The number of rotatable bonds is 3. The van der Waals surface area contributed by atoms with Crippen LogP contribution in [0, 0.1) is 5.82 Å². The normalized spacial score (nSPS) is 10.9. The first-order valence-electron chi connectivity index (χ1n) is 8.07. The van der Waals surface area contributed by atoms with Gasteiger partial charge in [0, 0.05) is 17.5 Å². The van der Waals surface area contributed by atoms with Crippen LogP contribution in [0.4, 0.5) is 4.39 Å². The molecule has 0 bridgehead atoms. The van der Waals surface area contributed by atoms with E-state index in [0.717, 1.165) is 11.1 Å². The van der Waals surface area contributed by atoms with Gasteiger partial charge in [0.25, 0.3) is 0 Å². The molecular formula is C22H15FO2. The second kappa shape index (κ2) is 6.36. The minimum atomic E-state index is -0.316. The molecule has 4 rings (SSSR count). The average Bonchev–Trinajstić information content (AvgIpc) is 2.65. The van der Waals surface area contributed by atoms with Crippen molar-refractivity contribution in [3.05, 3.63) is 106 Å². The van der Waals surface area contributed by atoms with Gasteiger partial charge in [-0.1, -0.05) is 54.6 Å². The molecule has 122 valence electrons. The maximum absolute atomic E-state index is 13.5. The highest BCUT2D eigenvalue weighted by Crippen LogP contribution is 2.27. The summed E-state index contributed by atoms with van der Waals surface area (Å²) in [6.45, 7) is 0. The molecule has 1 heterocycles. The zero-order valence-corrected chi connectivity index (χ0v) is 13.4. The van der Waals surface area contributed by atoms with Gasteiger partial charge in [-0.05, 0) is 29.8 Å². The topological polar surface area (TPSA) is 30.2 Å². The van der Waals surface area contributed by atoms with Gasteiger partial charge in [0.15, 0.2) is 5.43 Å². The van der Waals surface area contributed by atoms with Crippen LogP contribution in [-0.2, 0) is 6.42 Å². The number of hydrogen-bond acceptors (Lipinski definition) is 2. The van der Waals surface area contributed by atoms with Crippen molar-refractivity contribution in [3.63, 3.8) is 0 Å². The van der Waals surface area contributed by atoms with E-state index >= 15 is 0 Å². The SMILES string of the molecule is O=c1c(Cc2cccc(F)c2)c(-c2ccccc2)oc2ccccc12. The molecule has 0 amide bonds. The van der Waals surface area contributed by atoms with Crippen LogP contribution in [0.5, 0.6) is 0 Å². The van der Waals surface area contributed by atoms with Crippen LogP contribution < -0.4 is 5.43 Å². The zero-order chi connectivity index (χ0) is 17.2. The zero-order valence-electron chi connectivity index (χ0n) is 13.4. The molecule has 1 aromatic heterocycles. The molecule has 3 aromatic carbocycles. The Kier molecular flexibility index (Phi) is 3.90. The minimum Gasteiger partial charge on any atom is -0.456 e. The fraction of sp³-hybridized carbons (Fsp3) is 0.0455. The summed E-state index contributed by atoms with van der Waals surface area (Å²) in [6, 6.07) is 23.0. The Morgan fingerprint density at radius 1 is 0.840 bits per heavy atom. The van der Waals surface area contributed by atoms with Crippen LogP contribution >= 0.6 is 0 Å². The monoisotopic (exact) mass is 330 g/mol. The highest BCUT2D eigenvalue weighted by atomic mass is 19.1. The lowest BCUT2D eigenvalue weighted by Crippen LogP contribution is -2.12. The minimum absolute atomic E-state index is 0.0787. The van der Waals surface area contributed by atoms with Crippen LogP contribution in [0.15, 0.2) is 88.1 Å². The van der Waals surface area contributed by atoms with Crippen molar-refractivity contribution in [2.75, 3.05) is 0 Å². The summed E-state index contributed by atoms with van der Waals surface area (Å²) in [5, 5.41) is 0.536. The lowest BCUT2D eigenvalue weighted by atomic mass is 9.98. The maximum Gasteiger partial charge on any atom is 0.196 e. The summed E-state index contributed by atoms with van der Waals surface area (Å²) in [4.78, 5) is 13.1. The number of hydrogen-bond donors (Lipinski definition) is 0. The Labute approximate surface area is 144 Å². The molecule has 3 heteroatoms. The van der Waals surface area contributed by atoms with Gasteiger partial charge in [0.1, 0.15) is 17.2 Å². The number of halogens is 1. The first kappa shape index (κ1) is 15.3. The van der Waals surface area contributed by atoms with E-state index in [0.29, 0.717) is 28.7 Å². The van der Waals surface area contributed by atoms with Gasteiger partial charge in [-0.15, -0.1) is 0 Å². The number of benzene rings is 3. The Morgan fingerprint density at radius 2 is 1.60 bits per heavy atom. The van der Waals surface area contributed by atoms with Crippen molar-refractivity contribution in [2.24, 2.45) is 0 Å². The standard InChI is InChI=1S/C22H15FO2/c23-17-10-6-7-15(13-17)14-19-21(24)18-11-4-5-12-20(18)25-22(19)16-8-2-1-3-9-16/h1-13H,14H2. The second-order valence-corrected chi connectivity index (χ2v) is 5.91. The van der Waals surface area contributed by atoms with Crippen molar-refractivity contribution >= 4 is 11.0 Å². The van der Waals surface area contributed by atoms with Gasteiger partial charge in [-0.3, -0.25) is 4.79 Å². The van der Waals surface area contributed by atoms with Crippen molar-refractivity contribution in [1.29, 1.82) is 0 Å². The van der Waals surface area contributed by atoms with Crippen LogP contribution in [0.2, 0.25) is 0 Å². The predicted octanol–water partition coefficient (Wildman–Crippen LogP) is 5.19. The van der Waals surface area contributed by atoms with E-state index in [1.54, 1.807) is 18.2 Å². The fourth-order valence-electron chi connectivity index (χ4n) is 3.01. The molecule has 0 radical (unpaired) electrons. The average molecular weight is 330 g/mol. The van der Waals surface area contributed by atoms with Gasteiger partial charge in [0.2, 0.25) is 0 Å². The second-order valence-electron chi connectivity index (χ2n) is 5.91. The molecular weight excluding hydrogens is 315 g/mol. The Balaban J connectivity index is 1.97. The van der Waals surface area contributed by atoms with E-state index in [4.69, 9.17) is 4.42 Å². The molecule has 0 spiro atoms. The molecule has 0 aliphatic rings. The molecule has 0 N–H and O–H groups in total. The summed E-state index contributed by atoms with van der Waals surface area (Å²) in [6.07, 6.45) is 0.315. The lowest BCUT2D eigenvalue weighted by Gasteiger charge is -2.10. The smallest absolute Gasteiger partial charge is 0.196 e. The van der Waals surface area contributed by atoms with E-state index in [1.807, 2.05) is 48.5 Å². The first-order valence-corrected chi connectivity index (χ1v) is 8.07. The van der Waals surface area contributed by atoms with Crippen LogP contribution in [0.3, 0.4) is 0 Å². The van der Waals surface area contributed by atoms with E-state index < -0.39 is 0 Å². The highest BCUT2D eigenvalue weighted by Gasteiger charge is 2.16. The van der Waals surface area contributed by atoms with Gasteiger partial charge in [0.05, 0.1) is 5.39 Å². The van der Waals surface area contributed by atoms with Crippen molar-refractivity contribution in [3.8, 4) is 11.3 Å². The van der Waals surface area contributed by atoms with E-state index in [9.17, 15) is 9.18 Å². The largest absolute Gasteiger partial charge is 0.456 e. The van der Waals surface area contributed by atoms with Gasteiger partial charge >= 0.3 is 0 Å². The molecule has 4 aromatic rings. The van der Waals surface area contributed by atoms with E-state index in [2.05, 4.69) is 0 Å². The number of fused-ring (bicyclic) bond motifs is 1. The van der Waals surface area contributed by atoms with Crippen LogP contribution in [0.25, 0.3) is 22.3 Å². The summed E-state index contributed by atoms with van der Waals surface area (Å²) in [7, 11) is 0. The van der Waals surface area contributed by atoms with E-state index in [1.165, 1.54) is 12.1 Å². The molecule has 0 atom stereocenters. The highest BCUT2D eigenvalue weighted by molar-refractivity contribution is 5.80. The quantitative estimate of drug-likeness (QED) is 0.517. The molecule has 0 saturated heterocycles. The summed E-state index contributed by atoms with van der Waals surface area (Å²) in [5.41, 5.74) is 2.58. The summed E-state index contributed by atoms with van der Waals surface area (Å²) in [5.74, 6) is 0.220. The fourth-order valence-corrected chi connectivity index (χ4v) is 3.01. The third-order valence-corrected chi connectivity index (χ3v) is 4.20. The van der Waals surface area contributed by atoms with Gasteiger partial charge in [-0.25, -0.2) is 4.39 Å². The van der Waals surface area contributed by atoms with Crippen LogP contribution in [0.1, 0.15) is 11.1 Å². The Morgan fingerprint density at radius 3 is 2.40 bits per heavy atom. The maximum atomic E-state index is 13.5. The summed E-state index contributed by atoms with van der Waals surface area (Å²) >= 11 is 0. The molecule has 0 fully saturated rings.